The highest BCUT2D eigenvalue weighted by Gasteiger charge is 2.45. The standard InChI is InChI=1S/C17H25N3O6S/c1-24-7-6-20-15-11-19(12-16(15)26-8-9-27(20,22)23)17(21)18-13-4-3-5-14(10-13)25-2/h3-5,10,15-16H,6-9,11-12H2,1-2H3,(H,18,21)/t15-,16+/m1/s1. The first-order chi connectivity index (χ1) is 12.9. The zero-order chi connectivity index (χ0) is 19.4. The predicted octanol–water partition coefficient (Wildman–Crippen LogP) is 0.588. The van der Waals surface area contributed by atoms with E-state index in [4.69, 9.17) is 14.2 Å². The molecule has 2 atom stereocenters. The van der Waals surface area contributed by atoms with Crippen molar-refractivity contribution in [2.75, 3.05) is 58.1 Å². The maximum atomic E-state index is 12.7. The van der Waals surface area contributed by atoms with E-state index in [1.165, 1.54) is 11.4 Å². The third-order valence-corrected chi connectivity index (χ3v) is 6.61. The molecule has 0 saturated carbocycles. The van der Waals surface area contributed by atoms with Crippen molar-refractivity contribution < 1.29 is 27.4 Å². The van der Waals surface area contributed by atoms with Gasteiger partial charge >= 0.3 is 6.03 Å². The maximum Gasteiger partial charge on any atom is 0.321 e. The molecule has 2 saturated heterocycles. The van der Waals surface area contributed by atoms with Crippen LogP contribution in [0.25, 0.3) is 0 Å². The van der Waals surface area contributed by atoms with Crippen LogP contribution in [0.5, 0.6) is 5.75 Å². The highest BCUT2D eigenvalue weighted by molar-refractivity contribution is 7.89. The van der Waals surface area contributed by atoms with Crippen LogP contribution in [0.2, 0.25) is 0 Å². The number of urea groups is 1. The highest BCUT2D eigenvalue weighted by Crippen LogP contribution is 2.26. The number of carbonyl (C=O) groups is 1. The van der Waals surface area contributed by atoms with Crippen molar-refractivity contribution in [3.8, 4) is 5.75 Å². The van der Waals surface area contributed by atoms with Gasteiger partial charge in [0.25, 0.3) is 0 Å². The minimum absolute atomic E-state index is 0.0558. The lowest BCUT2D eigenvalue weighted by atomic mass is 10.2. The molecular weight excluding hydrogens is 374 g/mol. The fourth-order valence-electron chi connectivity index (χ4n) is 3.38. The SMILES string of the molecule is COCCN1[C@@H]2CN(C(=O)Nc3cccc(OC)c3)C[C@@H]2OCCS1(=O)=O. The Labute approximate surface area is 159 Å². The molecule has 0 bridgehead atoms. The van der Waals surface area contributed by atoms with Crippen LogP contribution in [0.1, 0.15) is 0 Å². The molecule has 0 spiro atoms. The Hall–Kier alpha value is -1.88. The molecule has 2 aliphatic rings. The van der Waals surface area contributed by atoms with Gasteiger partial charge in [-0.1, -0.05) is 6.07 Å². The van der Waals surface area contributed by atoms with Gasteiger partial charge in [0, 0.05) is 32.0 Å². The number of ether oxygens (including phenoxy) is 3. The lowest BCUT2D eigenvalue weighted by molar-refractivity contribution is 0.0443. The van der Waals surface area contributed by atoms with Gasteiger partial charge in [0.05, 0.1) is 44.8 Å². The Balaban J connectivity index is 1.71. The molecule has 9 nitrogen and oxygen atoms in total. The van der Waals surface area contributed by atoms with Crippen LogP contribution in [0.4, 0.5) is 10.5 Å². The number of benzene rings is 1. The first kappa shape index (κ1) is 19.9. The lowest BCUT2D eigenvalue weighted by Gasteiger charge is -2.27. The number of amides is 2. The number of likely N-dealkylation sites (tertiary alicyclic amines) is 1. The van der Waals surface area contributed by atoms with Crippen LogP contribution >= 0.6 is 0 Å². The molecule has 0 aliphatic carbocycles. The highest BCUT2D eigenvalue weighted by atomic mass is 32.2. The van der Waals surface area contributed by atoms with E-state index in [-0.39, 0.29) is 37.6 Å². The molecule has 1 aromatic carbocycles. The normalized spacial score (nSPS) is 24.9. The van der Waals surface area contributed by atoms with Crippen molar-refractivity contribution in [2.24, 2.45) is 0 Å². The molecule has 0 unspecified atom stereocenters. The average molecular weight is 399 g/mol. The van der Waals surface area contributed by atoms with E-state index >= 15 is 0 Å². The molecule has 2 aliphatic heterocycles. The second kappa shape index (κ2) is 8.42. The Morgan fingerprint density at radius 1 is 1.33 bits per heavy atom. The van der Waals surface area contributed by atoms with Crippen molar-refractivity contribution in [2.45, 2.75) is 12.1 Å². The van der Waals surface area contributed by atoms with E-state index in [0.29, 0.717) is 24.6 Å². The second-order valence-electron chi connectivity index (χ2n) is 6.46. The zero-order valence-electron chi connectivity index (χ0n) is 15.5. The largest absolute Gasteiger partial charge is 0.497 e. The van der Waals surface area contributed by atoms with Gasteiger partial charge in [0.1, 0.15) is 5.75 Å². The van der Waals surface area contributed by atoms with Crippen molar-refractivity contribution in [1.29, 1.82) is 0 Å². The number of carbonyl (C=O) groups excluding carboxylic acids is 1. The van der Waals surface area contributed by atoms with E-state index in [2.05, 4.69) is 5.32 Å². The third-order valence-electron chi connectivity index (χ3n) is 4.76. The Bertz CT molecular complexity index is 772. The summed E-state index contributed by atoms with van der Waals surface area (Å²) in [5.41, 5.74) is 0.608. The fraction of sp³-hybridized carbons (Fsp3) is 0.588. The number of fused-ring (bicyclic) bond motifs is 1. The number of methoxy groups -OCH3 is 2. The summed E-state index contributed by atoms with van der Waals surface area (Å²) in [7, 11) is -0.364. The molecule has 3 rings (SSSR count). The van der Waals surface area contributed by atoms with Gasteiger partial charge in [0.2, 0.25) is 10.0 Å². The van der Waals surface area contributed by atoms with E-state index < -0.39 is 16.1 Å². The summed E-state index contributed by atoms with van der Waals surface area (Å²) in [5.74, 6) is 0.583. The molecule has 1 N–H and O–H groups in total. The molecule has 0 radical (unpaired) electrons. The van der Waals surface area contributed by atoms with Crippen LogP contribution in [0, 0.1) is 0 Å². The third kappa shape index (κ3) is 4.52. The number of nitrogens with one attached hydrogen (secondary N) is 1. The fourth-order valence-corrected chi connectivity index (χ4v) is 4.89. The molecule has 10 heteroatoms. The van der Waals surface area contributed by atoms with E-state index in [1.807, 2.05) is 0 Å². The van der Waals surface area contributed by atoms with Crippen LogP contribution in [0.3, 0.4) is 0 Å². The van der Waals surface area contributed by atoms with Gasteiger partial charge in [-0.05, 0) is 12.1 Å². The van der Waals surface area contributed by atoms with Crippen LogP contribution in [-0.4, -0.2) is 88.6 Å². The molecule has 2 heterocycles. The summed E-state index contributed by atoms with van der Waals surface area (Å²) in [6.45, 7) is 1.26. The van der Waals surface area contributed by atoms with Gasteiger partial charge < -0.3 is 24.4 Å². The van der Waals surface area contributed by atoms with E-state index in [9.17, 15) is 13.2 Å². The topological polar surface area (TPSA) is 97.4 Å². The summed E-state index contributed by atoms with van der Waals surface area (Å²) in [6.07, 6.45) is -0.352. The average Bonchev–Trinajstić information content (AvgIpc) is 3.01. The Morgan fingerprint density at radius 2 is 2.15 bits per heavy atom. The molecule has 150 valence electrons. The number of hydrogen-bond donors (Lipinski definition) is 1. The molecular formula is C17H25N3O6S. The van der Waals surface area contributed by atoms with Gasteiger partial charge in [-0.15, -0.1) is 0 Å². The lowest BCUT2D eigenvalue weighted by Crippen LogP contribution is -2.47. The van der Waals surface area contributed by atoms with Gasteiger partial charge in [-0.25, -0.2) is 13.2 Å². The quantitative estimate of drug-likeness (QED) is 0.778. The zero-order valence-corrected chi connectivity index (χ0v) is 16.3. The predicted molar refractivity (Wildman–Crippen MR) is 99.5 cm³/mol. The number of rotatable bonds is 5. The minimum Gasteiger partial charge on any atom is -0.497 e. The Kier molecular flexibility index (Phi) is 6.20. The maximum absolute atomic E-state index is 12.7. The van der Waals surface area contributed by atoms with E-state index in [0.717, 1.165) is 0 Å². The van der Waals surface area contributed by atoms with Crippen LogP contribution in [0.15, 0.2) is 24.3 Å². The van der Waals surface area contributed by atoms with Gasteiger partial charge in [-0.3, -0.25) is 0 Å². The summed E-state index contributed by atoms with van der Waals surface area (Å²) in [6, 6.07) is 6.34. The van der Waals surface area contributed by atoms with E-state index in [1.54, 1.807) is 36.3 Å². The van der Waals surface area contributed by atoms with Crippen molar-refractivity contribution in [3.63, 3.8) is 0 Å². The van der Waals surface area contributed by atoms with Gasteiger partial charge in [-0.2, -0.15) is 4.31 Å². The summed E-state index contributed by atoms with van der Waals surface area (Å²) in [5, 5.41) is 2.82. The summed E-state index contributed by atoms with van der Waals surface area (Å²) >= 11 is 0. The minimum atomic E-state index is -3.45. The molecule has 1 aromatic rings. The number of hydrogen-bond acceptors (Lipinski definition) is 6. The first-order valence-electron chi connectivity index (χ1n) is 8.74. The smallest absolute Gasteiger partial charge is 0.321 e. The molecule has 27 heavy (non-hydrogen) atoms. The van der Waals surface area contributed by atoms with Crippen molar-refractivity contribution in [3.05, 3.63) is 24.3 Å². The number of sulfonamides is 1. The molecule has 0 aromatic heterocycles. The summed E-state index contributed by atoms with van der Waals surface area (Å²) in [4.78, 5) is 14.2. The monoisotopic (exact) mass is 399 g/mol. The van der Waals surface area contributed by atoms with Crippen LogP contribution in [-0.2, 0) is 19.5 Å². The molecule has 2 fully saturated rings. The summed E-state index contributed by atoms with van der Waals surface area (Å²) < 4.78 is 42.5. The molecule has 2 amide bonds. The van der Waals surface area contributed by atoms with Crippen LogP contribution < -0.4 is 10.1 Å². The number of anilines is 1. The number of nitrogens with zero attached hydrogens (tertiary/aromatic N) is 2. The van der Waals surface area contributed by atoms with Crippen molar-refractivity contribution >= 4 is 21.7 Å². The van der Waals surface area contributed by atoms with Gasteiger partial charge in [0.15, 0.2) is 0 Å². The Morgan fingerprint density at radius 3 is 2.89 bits per heavy atom. The van der Waals surface area contributed by atoms with Crippen molar-refractivity contribution in [1.82, 2.24) is 9.21 Å². The second-order valence-corrected chi connectivity index (χ2v) is 8.50. The first-order valence-corrected chi connectivity index (χ1v) is 10.4.